The van der Waals surface area contributed by atoms with E-state index in [1.807, 2.05) is 0 Å². The van der Waals surface area contributed by atoms with Crippen molar-refractivity contribution in [1.82, 2.24) is 5.32 Å². The van der Waals surface area contributed by atoms with Crippen molar-refractivity contribution >= 4 is 31.9 Å². The lowest BCUT2D eigenvalue weighted by Crippen LogP contribution is -2.21. The minimum Gasteiger partial charge on any atom is -0.310 e. The molecule has 0 aliphatic carbocycles. The molecular formula is C16H17Br2N. The van der Waals surface area contributed by atoms with Gasteiger partial charge in [0.1, 0.15) is 0 Å². The summed E-state index contributed by atoms with van der Waals surface area (Å²) in [7, 11) is 0. The molecule has 1 nitrogen and oxygen atoms in total. The molecule has 19 heavy (non-hydrogen) atoms. The Bertz CT molecular complexity index is 526. The van der Waals surface area contributed by atoms with E-state index in [0.717, 1.165) is 21.9 Å². The first-order valence-electron chi connectivity index (χ1n) is 6.39. The molecule has 0 radical (unpaired) electrons. The van der Waals surface area contributed by atoms with Crippen LogP contribution >= 0.6 is 31.9 Å². The highest BCUT2D eigenvalue weighted by Gasteiger charge is 2.08. The number of benzene rings is 2. The summed E-state index contributed by atoms with van der Waals surface area (Å²) in [5.74, 6) is 0. The first-order chi connectivity index (χ1) is 9.16. The first-order valence-corrected chi connectivity index (χ1v) is 7.97. The normalized spacial score (nSPS) is 12.4. The number of hydrogen-bond acceptors (Lipinski definition) is 1. The van der Waals surface area contributed by atoms with Gasteiger partial charge in [-0.05, 0) is 43.1 Å². The molecule has 0 saturated heterocycles. The lowest BCUT2D eigenvalue weighted by atomic mass is 10.1. The van der Waals surface area contributed by atoms with E-state index < -0.39 is 0 Å². The molecule has 3 heteroatoms. The maximum Gasteiger partial charge on any atom is 0.0303 e. The second-order valence-electron chi connectivity index (χ2n) is 4.58. The molecule has 0 bridgehead atoms. The third-order valence-electron chi connectivity index (χ3n) is 3.14. The number of rotatable bonds is 5. The predicted molar refractivity (Wildman–Crippen MR) is 88.4 cm³/mol. The van der Waals surface area contributed by atoms with Crippen molar-refractivity contribution in [2.75, 3.05) is 6.54 Å². The summed E-state index contributed by atoms with van der Waals surface area (Å²) in [5, 5.41) is 3.56. The van der Waals surface area contributed by atoms with Crippen LogP contribution in [0, 0.1) is 0 Å². The van der Waals surface area contributed by atoms with E-state index in [2.05, 4.69) is 92.6 Å². The minimum atomic E-state index is 0.339. The fourth-order valence-electron chi connectivity index (χ4n) is 2.04. The molecule has 1 N–H and O–H groups in total. The van der Waals surface area contributed by atoms with E-state index in [1.165, 1.54) is 11.1 Å². The molecule has 2 aromatic rings. The van der Waals surface area contributed by atoms with Crippen molar-refractivity contribution in [3.8, 4) is 0 Å². The van der Waals surface area contributed by atoms with Crippen LogP contribution in [0.1, 0.15) is 24.1 Å². The lowest BCUT2D eigenvalue weighted by molar-refractivity contribution is 0.575. The van der Waals surface area contributed by atoms with Crippen LogP contribution in [0.15, 0.2) is 57.5 Å². The number of hydrogen-bond donors (Lipinski definition) is 1. The SMILES string of the molecule is CC(NCCc1ccccc1)c1ccc(Br)cc1Br. The summed E-state index contributed by atoms with van der Waals surface area (Å²) in [6.45, 7) is 3.17. The van der Waals surface area contributed by atoms with E-state index in [1.54, 1.807) is 0 Å². The van der Waals surface area contributed by atoms with Gasteiger partial charge in [-0.3, -0.25) is 0 Å². The smallest absolute Gasteiger partial charge is 0.0303 e. The predicted octanol–water partition coefficient (Wildman–Crippen LogP) is 5.10. The van der Waals surface area contributed by atoms with E-state index in [4.69, 9.17) is 0 Å². The Morgan fingerprint density at radius 2 is 1.79 bits per heavy atom. The zero-order valence-electron chi connectivity index (χ0n) is 10.9. The van der Waals surface area contributed by atoms with Crippen LogP contribution in [0.2, 0.25) is 0 Å². The fourth-order valence-corrected chi connectivity index (χ4v) is 3.43. The van der Waals surface area contributed by atoms with E-state index in [-0.39, 0.29) is 0 Å². The van der Waals surface area contributed by atoms with Crippen LogP contribution in [-0.4, -0.2) is 6.54 Å². The van der Waals surface area contributed by atoms with Gasteiger partial charge in [-0.15, -0.1) is 0 Å². The summed E-state index contributed by atoms with van der Waals surface area (Å²) in [5.41, 5.74) is 2.66. The van der Waals surface area contributed by atoms with Crippen molar-refractivity contribution in [2.24, 2.45) is 0 Å². The molecule has 0 amide bonds. The zero-order valence-corrected chi connectivity index (χ0v) is 14.0. The maximum absolute atomic E-state index is 3.61. The summed E-state index contributed by atoms with van der Waals surface area (Å²) in [4.78, 5) is 0. The number of nitrogens with one attached hydrogen (secondary N) is 1. The Kier molecular flexibility index (Phi) is 5.61. The molecular weight excluding hydrogens is 366 g/mol. The molecule has 0 aliphatic rings. The third-order valence-corrected chi connectivity index (χ3v) is 4.32. The summed E-state index contributed by atoms with van der Waals surface area (Å²) in [6, 6.07) is 17.2. The Morgan fingerprint density at radius 3 is 2.47 bits per heavy atom. The van der Waals surface area contributed by atoms with Crippen molar-refractivity contribution < 1.29 is 0 Å². The topological polar surface area (TPSA) is 12.0 Å². The van der Waals surface area contributed by atoms with Gasteiger partial charge in [0, 0.05) is 15.0 Å². The largest absolute Gasteiger partial charge is 0.310 e. The van der Waals surface area contributed by atoms with Gasteiger partial charge in [0.05, 0.1) is 0 Å². The summed E-state index contributed by atoms with van der Waals surface area (Å²) >= 11 is 7.09. The van der Waals surface area contributed by atoms with Gasteiger partial charge in [0.15, 0.2) is 0 Å². The molecule has 0 aliphatic heterocycles. The highest BCUT2D eigenvalue weighted by atomic mass is 79.9. The molecule has 0 spiro atoms. The Hall–Kier alpha value is -0.640. The molecule has 0 fully saturated rings. The molecule has 1 unspecified atom stereocenters. The highest BCUT2D eigenvalue weighted by molar-refractivity contribution is 9.11. The van der Waals surface area contributed by atoms with Crippen molar-refractivity contribution in [3.63, 3.8) is 0 Å². The standard InChI is InChI=1S/C16H17Br2N/c1-12(15-8-7-14(17)11-16(15)18)19-10-9-13-5-3-2-4-6-13/h2-8,11-12,19H,9-10H2,1H3. The first kappa shape index (κ1) is 14.8. The molecule has 0 saturated carbocycles. The molecule has 0 aromatic heterocycles. The van der Waals surface area contributed by atoms with Crippen LogP contribution in [0.25, 0.3) is 0 Å². The second-order valence-corrected chi connectivity index (χ2v) is 6.35. The monoisotopic (exact) mass is 381 g/mol. The van der Waals surface area contributed by atoms with Crippen LogP contribution in [0.4, 0.5) is 0 Å². The van der Waals surface area contributed by atoms with Crippen LogP contribution in [0.5, 0.6) is 0 Å². The second kappa shape index (κ2) is 7.22. The van der Waals surface area contributed by atoms with Crippen LogP contribution in [-0.2, 0) is 6.42 Å². The van der Waals surface area contributed by atoms with Gasteiger partial charge in [0.25, 0.3) is 0 Å². The Labute approximate surface area is 131 Å². The van der Waals surface area contributed by atoms with E-state index in [9.17, 15) is 0 Å². The summed E-state index contributed by atoms with van der Waals surface area (Å²) in [6.07, 6.45) is 1.05. The van der Waals surface area contributed by atoms with Crippen LogP contribution in [0.3, 0.4) is 0 Å². The molecule has 100 valence electrons. The lowest BCUT2D eigenvalue weighted by Gasteiger charge is -2.16. The Morgan fingerprint density at radius 1 is 1.05 bits per heavy atom. The molecule has 1 atom stereocenters. The van der Waals surface area contributed by atoms with Gasteiger partial charge in [-0.1, -0.05) is 68.3 Å². The van der Waals surface area contributed by atoms with Crippen LogP contribution < -0.4 is 5.32 Å². The quantitative estimate of drug-likeness (QED) is 0.757. The minimum absolute atomic E-state index is 0.339. The van der Waals surface area contributed by atoms with Gasteiger partial charge in [-0.25, -0.2) is 0 Å². The van der Waals surface area contributed by atoms with Crippen molar-refractivity contribution in [1.29, 1.82) is 0 Å². The van der Waals surface area contributed by atoms with Crippen molar-refractivity contribution in [2.45, 2.75) is 19.4 Å². The van der Waals surface area contributed by atoms with Gasteiger partial charge in [-0.2, -0.15) is 0 Å². The maximum atomic E-state index is 3.61. The fraction of sp³-hybridized carbons (Fsp3) is 0.250. The zero-order chi connectivity index (χ0) is 13.7. The number of halogens is 2. The average Bonchev–Trinajstić information content (AvgIpc) is 2.39. The highest BCUT2D eigenvalue weighted by Crippen LogP contribution is 2.26. The third kappa shape index (κ3) is 4.44. The molecule has 2 aromatic carbocycles. The van der Waals surface area contributed by atoms with Gasteiger partial charge >= 0.3 is 0 Å². The Balaban J connectivity index is 1.89. The average molecular weight is 383 g/mol. The molecule has 0 heterocycles. The van der Waals surface area contributed by atoms with E-state index in [0.29, 0.717) is 6.04 Å². The summed E-state index contributed by atoms with van der Waals surface area (Å²) < 4.78 is 2.24. The molecule has 2 rings (SSSR count). The van der Waals surface area contributed by atoms with Gasteiger partial charge in [0.2, 0.25) is 0 Å². The van der Waals surface area contributed by atoms with Crippen molar-refractivity contribution in [3.05, 3.63) is 68.6 Å². The van der Waals surface area contributed by atoms with E-state index >= 15 is 0 Å². The van der Waals surface area contributed by atoms with Gasteiger partial charge < -0.3 is 5.32 Å².